The number of carbonyl (C=O) groups is 2. The second kappa shape index (κ2) is 18.0. The number of aliphatic hydroxyl groups excluding tert-OH is 12. The van der Waals surface area contributed by atoms with E-state index in [1.807, 2.05) is 0 Å². The fourth-order valence-corrected chi connectivity index (χ4v) is 6.36. The maximum atomic E-state index is 12.2. The first-order valence-electron chi connectivity index (χ1n) is 16.1. The summed E-state index contributed by atoms with van der Waals surface area (Å²) in [6, 6.07) is -3.02. The molecule has 0 saturated carbocycles. The Morgan fingerprint density at radius 1 is 0.471 bits per heavy atom. The third-order valence-corrected chi connectivity index (χ3v) is 9.01. The Hall–Kier alpha value is -1.82. The maximum absolute atomic E-state index is 12.2. The van der Waals surface area contributed by atoms with Gasteiger partial charge in [0.2, 0.25) is 11.8 Å². The molecule has 296 valence electrons. The van der Waals surface area contributed by atoms with Crippen molar-refractivity contribution in [3.63, 3.8) is 0 Å². The van der Waals surface area contributed by atoms with Crippen LogP contribution in [0.5, 0.6) is 0 Å². The molecule has 23 heteroatoms. The van der Waals surface area contributed by atoms with E-state index in [2.05, 4.69) is 10.6 Å². The van der Waals surface area contributed by atoms with Crippen LogP contribution >= 0.6 is 0 Å². The summed E-state index contributed by atoms with van der Waals surface area (Å²) >= 11 is 0. The van der Waals surface area contributed by atoms with Crippen LogP contribution in [0.1, 0.15) is 13.8 Å². The minimum Gasteiger partial charge on any atom is -0.394 e. The van der Waals surface area contributed by atoms with Gasteiger partial charge >= 0.3 is 0 Å². The van der Waals surface area contributed by atoms with Crippen molar-refractivity contribution in [3.8, 4) is 0 Å². The van der Waals surface area contributed by atoms with Crippen LogP contribution in [0, 0.1) is 0 Å². The lowest BCUT2D eigenvalue weighted by molar-refractivity contribution is -0.378. The van der Waals surface area contributed by atoms with Crippen LogP contribution < -0.4 is 10.6 Å². The Bertz CT molecular complexity index is 1140. The van der Waals surface area contributed by atoms with Gasteiger partial charge in [0.25, 0.3) is 0 Å². The largest absolute Gasteiger partial charge is 0.394 e. The first kappa shape index (κ1) is 41.9. The van der Waals surface area contributed by atoms with Gasteiger partial charge in [0.05, 0.1) is 26.4 Å². The average molecular weight is 749 g/mol. The predicted molar refractivity (Wildman–Crippen MR) is 157 cm³/mol. The summed E-state index contributed by atoms with van der Waals surface area (Å²) in [7, 11) is 0. The summed E-state index contributed by atoms with van der Waals surface area (Å²) in [5.74, 6) is -1.39. The highest BCUT2D eigenvalue weighted by Crippen LogP contribution is 2.34. The number of hydrogen-bond acceptors (Lipinski definition) is 21. The van der Waals surface area contributed by atoms with Gasteiger partial charge in [-0.25, -0.2) is 0 Å². The molecule has 20 atom stereocenters. The van der Waals surface area contributed by atoms with Gasteiger partial charge in [-0.2, -0.15) is 0 Å². The van der Waals surface area contributed by atoms with Gasteiger partial charge < -0.3 is 105 Å². The van der Waals surface area contributed by atoms with Crippen molar-refractivity contribution in [1.82, 2.24) is 10.6 Å². The Labute approximate surface area is 289 Å². The highest BCUT2D eigenvalue weighted by atomic mass is 16.8. The van der Waals surface area contributed by atoms with Crippen LogP contribution in [-0.4, -0.2) is 222 Å². The molecule has 0 spiro atoms. The first-order valence-corrected chi connectivity index (χ1v) is 16.1. The second-order valence-electron chi connectivity index (χ2n) is 12.6. The highest BCUT2D eigenvalue weighted by molar-refractivity contribution is 5.73. The van der Waals surface area contributed by atoms with Crippen molar-refractivity contribution in [2.45, 2.75) is 137 Å². The van der Waals surface area contributed by atoms with Gasteiger partial charge in [-0.1, -0.05) is 0 Å². The molecule has 4 saturated heterocycles. The van der Waals surface area contributed by atoms with E-state index >= 15 is 0 Å². The predicted octanol–water partition coefficient (Wildman–Crippen LogP) is -9.46. The van der Waals surface area contributed by atoms with Crippen LogP contribution in [0.15, 0.2) is 0 Å². The van der Waals surface area contributed by atoms with Gasteiger partial charge in [0.1, 0.15) is 97.5 Å². The molecule has 0 unspecified atom stereocenters. The Morgan fingerprint density at radius 3 is 1.33 bits per heavy atom. The lowest BCUT2D eigenvalue weighted by atomic mass is 9.94. The van der Waals surface area contributed by atoms with Gasteiger partial charge in [0.15, 0.2) is 25.2 Å². The summed E-state index contributed by atoms with van der Waals surface area (Å²) in [5.41, 5.74) is 0. The molecule has 0 aromatic rings. The minimum absolute atomic E-state index is 0.656. The quantitative estimate of drug-likeness (QED) is 0.0881. The normalized spacial score (nSPS) is 47.8. The Balaban J connectivity index is 1.52. The van der Waals surface area contributed by atoms with Crippen molar-refractivity contribution in [3.05, 3.63) is 0 Å². The summed E-state index contributed by atoms with van der Waals surface area (Å²) < 4.78 is 39.1. The molecule has 2 amide bonds. The zero-order valence-electron chi connectivity index (χ0n) is 27.4. The molecule has 0 aliphatic carbocycles. The molecule has 14 N–H and O–H groups in total. The lowest BCUT2D eigenvalue weighted by Gasteiger charge is -2.50. The molecule has 4 fully saturated rings. The Morgan fingerprint density at radius 2 is 0.843 bits per heavy atom. The van der Waals surface area contributed by atoms with Crippen LogP contribution in [0.3, 0.4) is 0 Å². The van der Waals surface area contributed by atoms with Crippen molar-refractivity contribution in [1.29, 1.82) is 0 Å². The van der Waals surface area contributed by atoms with E-state index in [1.54, 1.807) is 0 Å². The molecule has 23 nitrogen and oxygen atoms in total. The molecule has 0 aromatic heterocycles. The van der Waals surface area contributed by atoms with E-state index < -0.39 is 161 Å². The van der Waals surface area contributed by atoms with E-state index in [1.165, 1.54) is 0 Å². The van der Waals surface area contributed by atoms with E-state index in [0.29, 0.717) is 0 Å². The van der Waals surface area contributed by atoms with Crippen LogP contribution in [0.25, 0.3) is 0 Å². The third kappa shape index (κ3) is 9.11. The average Bonchev–Trinajstić information content (AvgIpc) is 3.09. The molecule has 4 rings (SSSR count). The van der Waals surface area contributed by atoms with Crippen LogP contribution in [0.4, 0.5) is 0 Å². The number of hydrogen-bond donors (Lipinski definition) is 14. The summed E-state index contributed by atoms with van der Waals surface area (Å²) in [4.78, 5) is 23.9. The number of ether oxygens (including phenoxy) is 7. The van der Waals surface area contributed by atoms with E-state index in [4.69, 9.17) is 33.2 Å². The number of nitrogens with one attached hydrogen (secondary N) is 2. The smallest absolute Gasteiger partial charge is 0.217 e. The number of carbonyl (C=O) groups excluding carboxylic acids is 2. The summed E-state index contributed by atoms with van der Waals surface area (Å²) in [6.07, 6.45) is -31.1. The van der Waals surface area contributed by atoms with Gasteiger partial charge in [-0.15, -0.1) is 0 Å². The standard InChI is InChI=1S/C28H48N2O21/c1-7(35)29-13-16(38)22(10(4-32)45-25(13)44)49-26-14(30-8(2)36)17(39)23(11(5-33)47-26)50-28-21(43)19(41)24(12(6-34)48-28)51-27-20(42)18(40)15(37)9(3-31)46-27/h9-28,31-34,37-44H,3-6H2,1-2H3,(H,29,35)(H,30,36)/t9-,10-,11-,12-,13-,14-,15-,16-,17-,18+,19-,20+,21+,22-,23-,24-,25-,26+,27+,28+/m1/s1. The van der Waals surface area contributed by atoms with E-state index in [-0.39, 0.29) is 0 Å². The summed E-state index contributed by atoms with van der Waals surface area (Å²) in [6.45, 7) is -1.25. The molecule has 0 radical (unpaired) electrons. The zero-order chi connectivity index (χ0) is 37.9. The fraction of sp³-hybridized carbons (Fsp3) is 0.929. The molecule has 0 aromatic carbocycles. The third-order valence-electron chi connectivity index (χ3n) is 9.01. The maximum Gasteiger partial charge on any atom is 0.217 e. The molecule has 0 bridgehead atoms. The van der Waals surface area contributed by atoms with Crippen LogP contribution in [0.2, 0.25) is 0 Å². The number of amides is 2. The molecule has 4 aliphatic rings. The van der Waals surface area contributed by atoms with Gasteiger partial charge in [0, 0.05) is 13.8 Å². The lowest BCUT2D eigenvalue weighted by Crippen LogP contribution is -2.70. The van der Waals surface area contributed by atoms with E-state index in [0.717, 1.165) is 13.8 Å². The number of rotatable bonds is 12. The second-order valence-corrected chi connectivity index (χ2v) is 12.6. The van der Waals surface area contributed by atoms with Gasteiger partial charge in [-0.3, -0.25) is 9.59 Å². The van der Waals surface area contributed by atoms with Crippen molar-refractivity contribution in [2.75, 3.05) is 26.4 Å². The Kier molecular flexibility index (Phi) is 14.8. The number of aliphatic hydroxyl groups is 12. The van der Waals surface area contributed by atoms with Crippen molar-refractivity contribution < 1.29 is 104 Å². The van der Waals surface area contributed by atoms with Crippen molar-refractivity contribution in [2.24, 2.45) is 0 Å². The van der Waals surface area contributed by atoms with Crippen LogP contribution in [-0.2, 0) is 42.7 Å². The molecule has 4 aliphatic heterocycles. The van der Waals surface area contributed by atoms with E-state index in [9.17, 15) is 70.9 Å². The molecular weight excluding hydrogens is 700 g/mol. The SMILES string of the molecule is CC(=O)N[C@@H]1[C@@H](O)[C@H](O[C@@H]2O[C@H](CO)[C@@H](O[C@@H]3O[C@H](CO)[C@@H](O[C@@H]4O[C@H](CO)[C@@H](O)[C@H](O)[C@@H]4O)[C@H](O)[C@@H]3O)[C@H](O)[C@H]2NC(C)=O)[C@@H](CO)O[C@H]1O. The minimum atomic E-state index is -2.04. The fourth-order valence-electron chi connectivity index (χ4n) is 6.36. The molecule has 51 heavy (non-hydrogen) atoms. The highest BCUT2D eigenvalue weighted by Gasteiger charge is 2.55. The monoisotopic (exact) mass is 748 g/mol. The summed E-state index contributed by atoms with van der Waals surface area (Å²) in [5, 5.41) is 129. The molecular formula is C28H48N2O21. The molecule has 4 heterocycles. The van der Waals surface area contributed by atoms with Crippen molar-refractivity contribution >= 4 is 11.8 Å². The topological polar surface area (TPSA) is 366 Å². The van der Waals surface area contributed by atoms with Gasteiger partial charge in [-0.05, 0) is 0 Å². The zero-order valence-corrected chi connectivity index (χ0v) is 27.4. The first-order chi connectivity index (χ1) is 24.1.